The molecule has 9 heavy (non-hydrogen) atoms. The van der Waals surface area contributed by atoms with Crippen LogP contribution in [0.2, 0.25) is 0 Å². The molecule has 1 heterocycles. The van der Waals surface area contributed by atoms with E-state index in [1.165, 1.54) is 0 Å². The minimum absolute atomic E-state index is 0.684. The monoisotopic (exact) mass is 143 g/mol. The topological polar surface area (TPSA) is 46.2 Å². The van der Waals surface area contributed by atoms with Gasteiger partial charge in [-0.25, -0.2) is 0 Å². The van der Waals surface area contributed by atoms with Gasteiger partial charge in [0.2, 0.25) is 0 Å². The Morgan fingerprint density at radius 2 is 2.33 bits per heavy atom. The van der Waals surface area contributed by atoms with Crippen molar-refractivity contribution in [2.45, 2.75) is 6.92 Å². The van der Waals surface area contributed by atoms with Gasteiger partial charge in [-0.2, -0.15) is 0 Å². The van der Waals surface area contributed by atoms with Gasteiger partial charge in [-0.05, 0) is 34.7 Å². The zero-order valence-electron chi connectivity index (χ0n) is 5.16. The van der Waals surface area contributed by atoms with Crippen molar-refractivity contribution in [3.05, 3.63) is 22.8 Å². The summed E-state index contributed by atoms with van der Waals surface area (Å²) in [6.45, 7) is 1.92. The predicted octanol–water partition coefficient (Wildman–Crippen LogP) is 1.29. The third-order valence-corrected chi connectivity index (χ3v) is 2.07. The second-order valence-corrected chi connectivity index (χ2v) is 3.11. The molecule has 0 amide bonds. The number of hydrogen-bond donors (Lipinski definition) is 2. The number of hydrogen-bond acceptors (Lipinski definition) is 2. The molecule has 50 valence electrons. The fourth-order valence-corrected chi connectivity index (χ4v) is 1.40. The molecule has 0 aromatic rings. The Kier molecular flexibility index (Phi) is 1.73. The molecule has 1 aliphatic rings. The molecule has 0 aromatic heterocycles. The number of rotatable bonds is 0. The summed E-state index contributed by atoms with van der Waals surface area (Å²) < 4.78 is 8.97. The highest BCUT2D eigenvalue weighted by atomic mass is 32.2. The lowest BCUT2D eigenvalue weighted by Crippen LogP contribution is -2.00. The molecule has 0 radical (unpaired) electrons. The molecule has 2 nitrogen and oxygen atoms in total. The van der Waals surface area contributed by atoms with E-state index in [0.29, 0.717) is 5.70 Å². The average molecular weight is 143 g/mol. The van der Waals surface area contributed by atoms with Gasteiger partial charge in [-0.1, -0.05) is 0 Å². The van der Waals surface area contributed by atoms with Gasteiger partial charge in [0, 0.05) is 11.1 Å². The van der Waals surface area contributed by atoms with Crippen molar-refractivity contribution in [1.29, 1.82) is 0 Å². The molecule has 0 saturated heterocycles. The Bertz CT molecular complexity index is 215. The molecule has 1 unspecified atom stereocenters. The highest BCUT2D eigenvalue weighted by Crippen LogP contribution is 2.17. The van der Waals surface area contributed by atoms with Crippen LogP contribution >= 0.6 is 10.8 Å². The molecule has 0 fully saturated rings. The van der Waals surface area contributed by atoms with E-state index in [9.17, 15) is 0 Å². The third kappa shape index (κ3) is 1.43. The van der Waals surface area contributed by atoms with Crippen LogP contribution in [0.4, 0.5) is 0 Å². The van der Waals surface area contributed by atoms with Crippen molar-refractivity contribution >= 4 is 16.1 Å². The zero-order chi connectivity index (χ0) is 6.85. The highest BCUT2D eigenvalue weighted by molar-refractivity contribution is 8.12. The molecule has 0 bridgehead atoms. The van der Waals surface area contributed by atoms with E-state index in [0.717, 1.165) is 5.57 Å². The van der Waals surface area contributed by atoms with Crippen LogP contribution in [0.3, 0.4) is 0 Å². The van der Waals surface area contributed by atoms with Gasteiger partial charge in [0.15, 0.2) is 0 Å². The Morgan fingerprint density at radius 3 is 2.78 bits per heavy atom. The van der Waals surface area contributed by atoms with Crippen LogP contribution in [0.5, 0.6) is 0 Å². The van der Waals surface area contributed by atoms with Crippen molar-refractivity contribution in [3.63, 3.8) is 0 Å². The molecule has 0 spiro atoms. The second-order valence-electron chi connectivity index (χ2n) is 1.91. The van der Waals surface area contributed by atoms with Gasteiger partial charge in [0.25, 0.3) is 0 Å². The lowest BCUT2D eigenvalue weighted by molar-refractivity contribution is 0.668. The van der Waals surface area contributed by atoms with Crippen molar-refractivity contribution < 1.29 is 4.55 Å². The van der Waals surface area contributed by atoms with Crippen LogP contribution in [0.1, 0.15) is 6.92 Å². The first-order valence-electron chi connectivity index (χ1n) is 2.60. The Balaban J connectivity index is 2.99. The summed E-state index contributed by atoms with van der Waals surface area (Å²) in [5.74, 6) is 0. The van der Waals surface area contributed by atoms with Crippen LogP contribution in [0.15, 0.2) is 22.8 Å². The summed E-state index contributed by atoms with van der Waals surface area (Å²) in [5.41, 5.74) is 7.19. The first-order chi connectivity index (χ1) is 4.20. The van der Waals surface area contributed by atoms with Crippen LogP contribution in [0.25, 0.3) is 0 Å². The van der Waals surface area contributed by atoms with Crippen LogP contribution < -0.4 is 5.73 Å². The maximum absolute atomic E-state index is 8.97. The van der Waals surface area contributed by atoms with Gasteiger partial charge in [0.1, 0.15) is 0 Å². The van der Waals surface area contributed by atoms with Gasteiger partial charge in [-0.15, -0.1) is 0 Å². The summed E-state index contributed by atoms with van der Waals surface area (Å²) in [4.78, 5) is 0. The van der Waals surface area contributed by atoms with Crippen molar-refractivity contribution in [1.82, 2.24) is 0 Å². The fraction of sp³-hybridized carbons (Fsp3) is 0.167. The molecule has 0 saturated carbocycles. The summed E-state index contributed by atoms with van der Waals surface area (Å²) >= 11 is 0. The fourth-order valence-electron chi connectivity index (χ4n) is 0.530. The minimum atomic E-state index is -0.729. The van der Waals surface area contributed by atoms with Crippen LogP contribution in [0, 0.1) is 0 Å². The van der Waals surface area contributed by atoms with Crippen LogP contribution in [-0.2, 0) is 0 Å². The molecular formula is C6H9NOS. The molecule has 0 aromatic carbocycles. The minimum Gasteiger partial charge on any atom is -0.398 e. The number of allylic oxidation sites excluding steroid dienone is 2. The molecular weight excluding hydrogens is 134 g/mol. The Labute approximate surface area is 56.8 Å². The predicted molar refractivity (Wildman–Crippen MR) is 42.3 cm³/mol. The van der Waals surface area contributed by atoms with E-state index < -0.39 is 10.8 Å². The van der Waals surface area contributed by atoms with Gasteiger partial charge in [-0.3, -0.25) is 0 Å². The van der Waals surface area contributed by atoms with E-state index in [-0.39, 0.29) is 0 Å². The summed E-state index contributed by atoms with van der Waals surface area (Å²) in [6.07, 6.45) is 1.83. The van der Waals surface area contributed by atoms with Gasteiger partial charge in [0.05, 0.1) is 0 Å². The van der Waals surface area contributed by atoms with Gasteiger partial charge >= 0.3 is 0 Å². The largest absolute Gasteiger partial charge is 0.398 e. The standard InChI is InChI=1S/C6H9NOS/c1-5-2-3-9(8)4-6(5)7/h2-4,8H,7H2,1H3. The van der Waals surface area contributed by atoms with Gasteiger partial charge < -0.3 is 10.3 Å². The molecule has 1 atom stereocenters. The summed E-state index contributed by atoms with van der Waals surface area (Å²) in [6, 6.07) is 0. The number of nitrogens with two attached hydrogens (primary N) is 1. The summed E-state index contributed by atoms with van der Waals surface area (Å²) in [7, 11) is -0.729. The maximum Gasteiger partial charge on any atom is 0.0425 e. The lowest BCUT2D eigenvalue weighted by atomic mass is 10.2. The molecule has 1 rings (SSSR count). The van der Waals surface area contributed by atoms with E-state index >= 15 is 0 Å². The Morgan fingerprint density at radius 1 is 1.67 bits per heavy atom. The zero-order valence-corrected chi connectivity index (χ0v) is 5.98. The molecule has 3 N–H and O–H groups in total. The lowest BCUT2D eigenvalue weighted by Gasteiger charge is -2.04. The van der Waals surface area contributed by atoms with E-state index in [1.807, 2.05) is 13.0 Å². The SMILES string of the molecule is CC1=CC=S(O)C=C1N. The first-order valence-corrected chi connectivity index (χ1v) is 3.91. The molecule has 1 aliphatic heterocycles. The van der Waals surface area contributed by atoms with Crippen molar-refractivity contribution in [3.8, 4) is 0 Å². The first kappa shape index (κ1) is 6.58. The van der Waals surface area contributed by atoms with E-state index in [4.69, 9.17) is 10.3 Å². The average Bonchev–Trinajstić information content (AvgIpc) is 1.80. The molecule has 0 aliphatic carbocycles. The Hall–Kier alpha value is -0.540. The van der Waals surface area contributed by atoms with Crippen LogP contribution in [-0.4, -0.2) is 9.92 Å². The third-order valence-electron chi connectivity index (χ3n) is 1.16. The summed E-state index contributed by atoms with van der Waals surface area (Å²) in [5, 5.41) is 3.38. The van der Waals surface area contributed by atoms with E-state index in [2.05, 4.69) is 0 Å². The highest BCUT2D eigenvalue weighted by Gasteiger charge is 1.97. The smallest absolute Gasteiger partial charge is 0.0425 e. The normalized spacial score (nSPS) is 26.2. The van der Waals surface area contributed by atoms with Crippen molar-refractivity contribution in [2.75, 3.05) is 0 Å². The second kappa shape index (κ2) is 2.37. The van der Waals surface area contributed by atoms with E-state index in [1.54, 1.807) is 10.8 Å². The maximum atomic E-state index is 8.97. The molecule has 3 heteroatoms. The van der Waals surface area contributed by atoms with Crippen molar-refractivity contribution in [2.24, 2.45) is 5.73 Å². The quantitative estimate of drug-likeness (QED) is 0.502.